The smallest absolute Gasteiger partial charge is 0.122 e. The first-order valence-electron chi connectivity index (χ1n) is 5.00. The summed E-state index contributed by atoms with van der Waals surface area (Å²) in [6.45, 7) is 8.86. The fraction of sp³-hybridized carbons (Fsp3) is 0.500. The van der Waals surface area contributed by atoms with Gasteiger partial charge in [0.05, 0.1) is 6.61 Å². The van der Waals surface area contributed by atoms with Gasteiger partial charge in [0.25, 0.3) is 0 Å². The van der Waals surface area contributed by atoms with Crippen molar-refractivity contribution in [1.29, 1.82) is 0 Å². The molecule has 1 aliphatic heterocycles. The summed E-state index contributed by atoms with van der Waals surface area (Å²) in [6, 6.07) is 0. The predicted octanol–water partition coefficient (Wildman–Crippen LogP) is 3.84. The Bertz CT molecular complexity index is 187. The van der Waals surface area contributed by atoms with Crippen LogP contribution in [0.1, 0.15) is 34.1 Å². The largest absolute Gasteiger partial charge is 0.493 e. The molecule has 0 bridgehead atoms. The molecule has 0 saturated heterocycles. The van der Waals surface area contributed by atoms with Crippen molar-refractivity contribution in [3.05, 3.63) is 35.6 Å². The van der Waals surface area contributed by atoms with Crippen molar-refractivity contribution < 1.29 is 4.74 Å². The van der Waals surface area contributed by atoms with Crippen LogP contribution in [0.4, 0.5) is 0 Å². The molecule has 0 N–H and O–H groups in total. The molecular formula is C12H20O. The van der Waals surface area contributed by atoms with E-state index in [4.69, 9.17) is 4.74 Å². The highest BCUT2D eigenvalue weighted by atomic mass is 16.5. The zero-order valence-corrected chi connectivity index (χ0v) is 9.13. The van der Waals surface area contributed by atoms with Crippen molar-refractivity contribution in [2.24, 2.45) is 0 Å². The van der Waals surface area contributed by atoms with Crippen LogP contribution in [0.15, 0.2) is 35.6 Å². The Morgan fingerprint density at radius 3 is 2.23 bits per heavy atom. The summed E-state index contributed by atoms with van der Waals surface area (Å²) in [5, 5.41) is 0. The fourth-order valence-corrected chi connectivity index (χ4v) is 1.16. The van der Waals surface area contributed by atoms with Crippen LogP contribution in [0.2, 0.25) is 0 Å². The summed E-state index contributed by atoms with van der Waals surface area (Å²) in [6.07, 6.45) is 9.23. The Morgan fingerprint density at radius 1 is 1.08 bits per heavy atom. The minimum absolute atomic E-state index is 0.833. The molecule has 0 aromatic heterocycles. The van der Waals surface area contributed by atoms with Gasteiger partial charge in [0, 0.05) is 6.42 Å². The van der Waals surface area contributed by atoms with E-state index in [1.807, 2.05) is 45.9 Å². The summed E-state index contributed by atoms with van der Waals surface area (Å²) in [5.74, 6) is 1.03. The maximum atomic E-state index is 5.40. The topological polar surface area (TPSA) is 9.23 Å². The number of hydrogen-bond donors (Lipinski definition) is 0. The van der Waals surface area contributed by atoms with Crippen molar-refractivity contribution in [2.45, 2.75) is 34.1 Å². The molecule has 1 heterocycles. The molecule has 1 nitrogen and oxygen atoms in total. The van der Waals surface area contributed by atoms with Gasteiger partial charge in [-0.2, -0.15) is 0 Å². The van der Waals surface area contributed by atoms with Crippen LogP contribution in [0, 0.1) is 0 Å². The molecule has 1 rings (SSSR count). The lowest BCUT2D eigenvalue weighted by atomic mass is 10.2. The maximum Gasteiger partial charge on any atom is 0.122 e. The first kappa shape index (κ1) is 12.0. The third-order valence-corrected chi connectivity index (χ3v) is 1.63. The van der Waals surface area contributed by atoms with Gasteiger partial charge in [-0.1, -0.05) is 32.1 Å². The third-order valence-electron chi connectivity index (χ3n) is 1.63. The van der Waals surface area contributed by atoms with Gasteiger partial charge >= 0.3 is 0 Å². The molecule has 0 atom stereocenters. The zero-order chi connectivity index (χ0) is 10.1. The Balaban J connectivity index is 0.000000671. The molecule has 1 heteroatoms. The first-order valence-corrected chi connectivity index (χ1v) is 5.00. The van der Waals surface area contributed by atoms with Gasteiger partial charge in [-0.15, -0.1) is 0 Å². The molecule has 0 fully saturated rings. The van der Waals surface area contributed by atoms with Crippen LogP contribution in [-0.2, 0) is 4.74 Å². The number of rotatable bonds is 2. The molecule has 0 unspecified atom stereocenters. The van der Waals surface area contributed by atoms with Crippen LogP contribution in [0.5, 0.6) is 0 Å². The summed E-state index contributed by atoms with van der Waals surface area (Å²) >= 11 is 0. The average molecular weight is 180 g/mol. The van der Waals surface area contributed by atoms with Gasteiger partial charge in [0.2, 0.25) is 0 Å². The number of ether oxygens (including phenoxy) is 1. The van der Waals surface area contributed by atoms with E-state index in [9.17, 15) is 0 Å². The molecule has 0 radical (unpaired) electrons. The minimum atomic E-state index is 0.833. The van der Waals surface area contributed by atoms with Gasteiger partial charge in [0.15, 0.2) is 0 Å². The summed E-state index contributed by atoms with van der Waals surface area (Å²) in [5.41, 5.74) is 1.31. The average Bonchev–Trinajstić information content (AvgIpc) is 2.58. The Labute approximate surface area is 81.8 Å². The lowest BCUT2D eigenvalue weighted by Gasteiger charge is -1.95. The van der Waals surface area contributed by atoms with Gasteiger partial charge in [0.1, 0.15) is 5.76 Å². The second-order valence-electron chi connectivity index (χ2n) is 2.49. The van der Waals surface area contributed by atoms with Crippen LogP contribution < -0.4 is 0 Å². The maximum absolute atomic E-state index is 5.40. The van der Waals surface area contributed by atoms with Crippen LogP contribution in [-0.4, -0.2) is 6.61 Å². The second-order valence-corrected chi connectivity index (χ2v) is 2.49. The van der Waals surface area contributed by atoms with Crippen molar-refractivity contribution in [3.63, 3.8) is 0 Å². The minimum Gasteiger partial charge on any atom is -0.493 e. The van der Waals surface area contributed by atoms with Gasteiger partial charge in [-0.3, -0.25) is 0 Å². The SMILES string of the molecule is C/C=C\C1=C(/C=C\C)OCC1.CC. The summed E-state index contributed by atoms with van der Waals surface area (Å²) in [4.78, 5) is 0. The summed E-state index contributed by atoms with van der Waals surface area (Å²) in [7, 11) is 0. The van der Waals surface area contributed by atoms with Crippen molar-refractivity contribution in [1.82, 2.24) is 0 Å². The Morgan fingerprint density at radius 2 is 1.69 bits per heavy atom. The molecule has 0 spiro atoms. The highest BCUT2D eigenvalue weighted by Gasteiger charge is 2.09. The Hall–Kier alpha value is -0.980. The van der Waals surface area contributed by atoms with Crippen molar-refractivity contribution in [3.8, 4) is 0 Å². The van der Waals surface area contributed by atoms with E-state index in [1.54, 1.807) is 0 Å². The van der Waals surface area contributed by atoms with E-state index in [1.165, 1.54) is 5.57 Å². The molecule has 13 heavy (non-hydrogen) atoms. The van der Waals surface area contributed by atoms with E-state index in [0.717, 1.165) is 18.8 Å². The van der Waals surface area contributed by atoms with E-state index >= 15 is 0 Å². The molecule has 0 aromatic rings. The Kier molecular flexibility index (Phi) is 7.08. The lowest BCUT2D eigenvalue weighted by molar-refractivity contribution is 0.257. The highest BCUT2D eigenvalue weighted by molar-refractivity contribution is 5.31. The lowest BCUT2D eigenvalue weighted by Crippen LogP contribution is -1.79. The number of allylic oxidation sites excluding steroid dienone is 4. The second kappa shape index (κ2) is 7.66. The molecule has 1 aliphatic rings. The zero-order valence-electron chi connectivity index (χ0n) is 9.13. The fourth-order valence-electron chi connectivity index (χ4n) is 1.16. The summed E-state index contributed by atoms with van der Waals surface area (Å²) < 4.78 is 5.40. The van der Waals surface area contributed by atoms with E-state index in [-0.39, 0.29) is 0 Å². The quantitative estimate of drug-likeness (QED) is 0.627. The molecular weight excluding hydrogens is 160 g/mol. The van der Waals surface area contributed by atoms with Crippen LogP contribution in [0.3, 0.4) is 0 Å². The molecule has 0 aliphatic carbocycles. The predicted molar refractivity (Wildman–Crippen MR) is 58.6 cm³/mol. The van der Waals surface area contributed by atoms with Crippen molar-refractivity contribution in [2.75, 3.05) is 6.61 Å². The normalized spacial score (nSPS) is 16.3. The molecule has 0 amide bonds. The highest BCUT2D eigenvalue weighted by Crippen LogP contribution is 2.20. The molecule has 0 saturated carbocycles. The van der Waals surface area contributed by atoms with E-state index in [2.05, 4.69) is 6.08 Å². The van der Waals surface area contributed by atoms with Crippen molar-refractivity contribution >= 4 is 0 Å². The molecule has 0 aromatic carbocycles. The monoisotopic (exact) mass is 180 g/mol. The van der Waals surface area contributed by atoms with Gasteiger partial charge in [-0.25, -0.2) is 0 Å². The standard InChI is InChI=1S/C10H14O.C2H6/c1-3-5-9-7-8-11-10(9)6-4-2;1-2/h3-6H,7-8H2,1-2H3;1-2H3/b5-3-,6-4-;. The van der Waals surface area contributed by atoms with Crippen LogP contribution >= 0.6 is 0 Å². The molecule has 74 valence electrons. The third kappa shape index (κ3) is 3.97. The van der Waals surface area contributed by atoms with Gasteiger partial charge < -0.3 is 4.74 Å². The van der Waals surface area contributed by atoms with Crippen LogP contribution in [0.25, 0.3) is 0 Å². The van der Waals surface area contributed by atoms with Gasteiger partial charge in [-0.05, 0) is 25.5 Å². The number of hydrogen-bond acceptors (Lipinski definition) is 1. The van der Waals surface area contributed by atoms with E-state index < -0.39 is 0 Å². The first-order chi connectivity index (χ1) is 6.38. The van der Waals surface area contributed by atoms with E-state index in [0.29, 0.717) is 0 Å².